The minimum atomic E-state index is -4.92. The minimum Gasteiger partial charge on any atom is -0.394 e. The SMILES string of the molecule is Cc1nc([C@@H]2O[C@H](CO)[C@H](O)[C@H](n3cc(-c4cc(F)c(Cl)c(F)c4)nn3)[C@H]2O)n(-c2cc(Cl)cnc2C(F)(F)F)n1. The molecule has 1 saturated heterocycles. The predicted octanol–water partition coefficient (Wildman–Crippen LogP) is 3.23. The molecule has 18 heteroatoms. The average Bonchev–Trinajstić information content (AvgIpc) is 3.53. The van der Waals surface area contributed by atoms with Crippen LogP contribution in [0.5, 0.6) is 0 Å². The summed E-state index contributed by atoms with van der Waals surface area (Å²) in [7, 11) is 0. The van der Waals surface area contributed by atoms with Gasteiger partial charge in [-0.15, -0.1) is 5.10 Å². The first-order chi connectivity index (χ1) is 19.3. The Labute approximate surface area is 236 Å². The van der Waals surface area contributed by atoms with Gasteiger partial charge in [0.25, 0.3) is 0 Å². The smallest absolute Gasteiger partial charge is 0.394 e. The van der Waals surface area contributed by atoms with Crippen molar-refractivity contribution < 1.29 is 42.0 Å². The van der Waals surface area contributed by atoms with E-state index in [9.17, 15) is 37.3 Å². The van der Waals surface area contributed by atoms with E-state index in [-0.39, 0.29) is 27.9 Å². The van der Waals surface area contributed by atoms with Crippen LogP contribution >= 0.6 is 23.2 Å². The highest BCUT2D eigenvalue weighted by Crippen LogP contribution is 2.40. The molecule has 218 valence electrons. The van der Waals surface area contributed by atoms with Crippen LogP contribution in [0.2, 0.25) is 10.0 Å². The number of alkyl halides is 3. The summed E-state index contributed by atoms with van der Waals surface area (Å²) in [6.07, 6.45) is -9.34. The van der Waals surface area contributed by atoms with Crippen LogP contribution in [0.4, 0.5) is 22.0 Å². The molecule has 5 atom stereocenters. The topological polar surface area (TPSA) is 144 Å². The van der Waals surface area contributed by atoms with Crippen molar-refractivity contribution in [2.75, 3.05) is 6.61 Å². The van der Waals surface area contributed by atoms with E-state index in [1.807, 2.05) is 0 Å². The number of ether oxygens (including phenoxy) is 1. The molecule has 0 unspecified atom stereocenters. The van der Waals surface area contributed by atoms with Crippen molar-refractivity contribution >= 4 is 23.2 Å². The molecule has 3 N–H and O–H groups in total. The summed E-state index contributed by atoms with van der Waals surface area (Å²) < 4.78 is 76.8. The highest BCUT2D eigenvalue weighted by atomic mass is 35.5. The van der Waals surface area contributed by atoms with E-state index in [1.54, 1.807) is 0 Å². The first kappa shape index (κ1) is 29.2. The van der Waals surface area contributed by atoms with Crippen LogP contribution < -0.4 is 0 Å². The molecule has 1 aliphatic heterocycles. The number of benzene rings is 1. The van der Waals surface area contributed by atoms with Gasteiger partial charge in [-0.1, -0.05) is 28.4 Å². The third kappa shape index (κ3) is 5.38. The lowest BCUT2D eigenvalue weighted by Crippen LogP contribution is -2.53. The van der Waals surface area contributed by atoms with Crippen LogP contribution in [-0.2, 0) is 10.9 Å². The lowest BCUT2D eigenvalue weighted by atomic mass is 9.92. The fourth-order valence-electron chi connectivity index (χ4n) is 4.49. The maximum atomic E-state index is 14.0. The lowest BCUT2D eigenvalue weighted by molar-refractivity contribution is -0.210. The molecule has 0 amide bonds. The zero-order valence-electron chi connectivity index (χ0n) is 20.5. The van der Waals surface area contributed by atoms with Gasteiger partial charge in [-0.25, -0.2) is 28.1 Å². The largest absolute Gasteiger partial charge is 0.435 e. The number of hydrogen-bond acceptors (Lipinski definition) is 9. The molecule has 0 spiro atoms. The van der Waals surface area contributed by atoms with Gasteiger partial charge in [0.15, 0.2) is 11.5 Å². The van der Waals surface area contributed by atoms with E-state index in [1.165, 1.54) is 6.92 Å². The molecule has 1 fully saturated rings. The third-order valence-electron chi connectivity index (χ3n) is 6.31. The van der Waals surface area contributed by atoms with E-state index < -0.39 is 71.3 Å². The zero-order chi connectivity index (χ0) is 29.8. The number of aliphatic hydroxyl groups excluding tert-OH is 3. The van der Waals surface area contributed by atoms with Gasteiger partial charge in [-0.3, -0.25) is 0 Å². The van der Waals surface area contributed by atoms with Crippen LogP contribution in [0.1, 0.15) is 29.5 Å². The molecule has 4 aromatic rings. The van der Waals surface area contributed by atoms with Gasteiger partial charge >= 0.3 is 6.18 Å². The maximum absolute atomic E-state index is 14.0. The number of halogens is 7. The summed E-state index contributed by atoms with van der Waals surface area (Å²) >= 11 is 11.5. The highest BCUT2D eigenvalue weighted by molar-refractivity contribution is 6.31. The number of hydrogen-bond donors (Lipinski definition) is 3. The van der Waals surface area contributed by atoms with E-state index in [0.29, 0.717) is 0 Å². The van der Waals surface area contributed by atoms with Crippen molar-refractivity contribution in [1.29, 1.82) is 0 Å². The van der Waals surface area contributed by atoms with E-state index in [0.717, 1.165) is 40.0 Å². The molecule has 0 aliphatic carbocycles. The van der Waals surface area contributed by atoms with Gasteiger partial charge in [0.2, 0.25) is 0 Å². The van der Waals surface area contributed by atoms with Crippen LogP contribution in [0.15, 0.2) is 30.6 Å². The molecular weight excluding hydrogens is 604 g/mol. The second-order valence-electron chi connectivity index (χ2n) is 9.04. The van der Waals surface area contributed by atoms with Gasteiger partial charge in [0.1, 0.15) is 58.6 Å². The Balaban J connectivity index is 1.58. The Morgan fingerprint density at radius 2 is 1.76 bits per heavy atom. The summed E-state index contributed by atoms with van der Waals surface area (Å²) in [5, 5.41) is 43.0. The molecule has 5 rings (SSSR count). The Morgan fingerprint density at radius 3 is 2.39 bits per heavy atom. The van der Waals surface area contributed by atoms with Crippen LogP contribution in [0.3, 0.4) is 0 Å². The summed E-state index contributed by atoms with van der Waals surface area (Å²) in [6.45, 7) is 0.597. The monoisotopic (exact) mass is 621 g/mol. The van der Waals surface area contributed by atoms with Gasteiger partial charge in [-0.2, -0.15) is 18.3 Å². The maximum Gasteiger partial charge on any atom is 0.435 e. The van der Waals surface area contributed by atoms with Crippen molar-refractivity contribution in [3.63, 3.8) is 0 Å². The van der Waals surface area contributed by atoms with Gasteiger partial charge in [0.05, 0.1) is 23.5 Å². The number of rotatable bonds is 5. The predicted molar refractivity (Wildman–Crippen MR) is 130 cm³/mol. The molecule has 4 heterocycles. The lowest BCUT2D eigenvalue weighted by Gasteiger charge is -2.41. The average molecular weight is 622 g/mol. The highest BCUT2D eigenvalue weighted by Gasteiger charge is 2.49. The number of nitrogens with zero attached hydrogens (tertiary/aromatic N) is 7. The summed E-state index contributed by atoms with van der Waals surface area (Å²) in [6, 6.07) is 1.32. The quantitative estimate of drug-likeness (QED) is 0.226. The van der Waals surface area contributed by atoms with Gasteiger partial charge in [-0.05, 0) is 25.1 Å². The normalized spacial score (nSPS) is 23.2. The Kier molecular flexibility index (Phi) is 7.73. The molecular formula is C23H18Cl2F5N7O4. The summed E-state index contributed by atoms with van der Waals surface area (Å²) in [5.41, 5.74) is -2.10. The molecule has 1 aromatic carbocycles. The molecule has 11 nitrogen and oxygen atoms in total. The zero-order valence-corrected chi connectivity index (χ0v) is 22.0. The molecule has 1 aliphatic rings. The van der Waals surface area contributed by atoms with E-state index in [2.05, 4.69) is 25.4 Å². The van der Waals surface area contributed by atoms with E-state index in [4.69, 9.17) is 27.9 Å². The number of aromatic nitrogens is 7. The van der Waals surface area contributed by atoms with E-state index >= 15 is 0 Å². The van der Waals surface area contributed by atoms with Gasteiger partial charge in [0, 0.05) is 11.8 Å². The molecule has 3 aromatic heterocycles. The first-order valence-corrected chi connectivity index (χ1v) is 12.4. The van der Waals surface area contributed by atoms with Crippen molar-refractivity contribution in [2.24, 2.45) is 0 Å². The molecule has 0 saturated carbocycles. The van der Waals surface area contributed by atoms with Crippen LogP contribution in [-0.4, -0.2) is 75.0 Å². The third-order valence-corrected chi connectivity index (χ3v) is 6.88. The first-order valence-electron chi connectivity index (χ1n) is 11.7. The molecule has 0 bridgehead atoms. The fraction of sp³-hybridized carbons (Fsp3) is 0.348. The fourth-order valence-corrected chi connectivity index (χ4v) is 4.75. The van der Waals surface area contributed by atoms with Crippen molar-refractivity contribution in [3.05, 3.63) is 69.6 Å². The molecule has 41 heavy (non-hydrogen) atoms. The van der Waals surface area contributed by atoms with Crippen molar-refractivity contribution in [1.82, 2.24) is 34.7 Å². The Morgan fingerprint density at radius 1 is 1.07 bits per heavy atom. The minimum absolute atomic E-state index is 0.0121. The number of pyridine rings is 1. The van der Waals surface area contributed by atoms with Crippen LogP contribution in [0.25, 0.3) is 16.9 Å². The second-order valence-corrected chi connectivity index (χ2v) is 9.85. The van der Waals surface area contributed by atoms with Crippen molar-refractivity contribution in [2.45, 2.75) is 43.6 Å². The second kappa shape index (κ2) is 10.8. The Bertz CT molecular complexity index is 1580. The standard InChI is InChI=1S/C23H18Cl2F5N7O4/c1-8-32-22(37(34-8)14-4-10(24)5-31-21(14)23(28,29)30)20-19(40)17(18(39)15(7-38)41-20)36-6-13(33-35-36)9-2-11(26)16(25)12(27)3-9/h2-6,15,17-20,38-40H,7H2,1H3/t15-,17+,18+,19-,20-/m1/s1. The summed E-state index contributed by atoms with van der Waals surface area (Å²) in [5.74, 6) is -2.47. The Hall–Kier alpha value is -3.28. The van der Waals surface area contributed by atoms with Crippen molar-refractivity contribution in [3.8, 4) is 16.9 Å². The molecule has 0 radical (unpaired) electrons. The van der Waals surface area contributed by atoms with Gasteiger partial charge < -0.3 is 20.1 Å². The number of aliphatic hydroxyl groups is 3. The summed E-state index contributed by atoms with van der Waals surface area (Å²) in [4.78, 5) is 7.52. The van der Waals surface area contributed by atoms with Crippen LogP contribution in [0, 0.1) is 18.6 Å². The number of aryl methyl sites for hydroxylation is 1.